The van der Waals surface area contributed by atoms with E-state index in [2.05, 4.69) is 36.2 Å². The first kappa shape index (κ1) is 18.4. The van der Waals surface area contributed by atoms with Gasteiger partial charge in [0.2, 0.25) is 5.91 Å². The van der Waals surface area contributed by atoms with Crippen molar-refractivity contribution in [2.45, 2.75) is 33.4 Å². The second kappa shape index (κ2) is 8.80. The third kappa shape index (κ3) is 4.55. The normalized spacial score (nSPS) is 12.3. The van der Waals surface area contributed by atoms with Crippen LogP contribution < -0.4 is 10.2 Å². The molecule has 2 aromatic rings. The molecule has 1 amide bonds. The van der Waals surface area contributed by atoms with Gasteiger partial charge in [-0.3, -0.25) is 19.1 Å². The lowest BCUT2D eigenvalue weighted by Crippen LogP contribution is -2.39. The van der Waals surface area contributed by atoms with Crippen molar-refractivity contribution in [3.8, 4) is 0 Å². The minimum Gasteiger partial charge on any atom is -0.353 e. The van der Waals surface area contributed by atoms with Crippen LogP contribution in [0.5, 0.6) is 0 Å². The van der Waals surface area contributed by atoms with Crippen LogP contribution in [-0.4, -0.2) is 35.0 Å². The summed E-state index contributed by atoms with van der Waals surface area (Å²) in [5.74, 6) is -0.133. The number of benzene rings is 1. The summed E-state index contributed by atoms with van der Waals surface area (Å²) in [7, 11) is 0. The van der Waals surface area contributed by atoms with Crippen LogP contribution in [-0.2, 0) is 11.3 Å². The molecule has 0 saturated carbocycles. The van der Waals surface area contributed by atoms with E-state index in [0.29, 0.717) is 6.54 Å². The van der Waals surface area contributed by atoms with Crippen LogP contribution in [0.4, 0.5) is 0 Å². The van der Waals surface area contributed by atoms with Gasteiger partial charge in [0, 0.05) is 17.6 Å². The SMILES string of the molecule is CCN(CC)[C@H](CNC(=O)Cn1c(C)csc1=O)c1ccccc1. The number of carbonyl (C=O) groups is 1. The molecule has 0 aliphatic heterocycles. The predicted molar refractivity (Wildman–Crippen MR) is 98.4 cm³/mol. The van der Waals surface area contributed by atoms with E-state index in [1.54, 1.807) is 5.38 Å². The zero-order valence-electron chi connectivity index (χ0n) is 14.5. The van der Waals surface area contributed by atoms with Gasteiger partial charge in [0.15, 0.2) is 0 Å². The molecule has 1 heterocycles. The number of aryl methyl sites for hydroxylation is 1. The first-order chi connectivity index (χ1) is 11.6. The van der Waals surface area contributed by atoms with Gasteiger partial charge in [0.1, 0.15) is 6.54 Å². The largest absolute Gasteiger partial charge is 0.353 e. The summed E-state index contributed by atoms with van der Waals surface area (Å²) in [5, 5.41) is 4.76. The van der Waals surface area contributed by atoms with E-state index < -0.39 is 0 Å². The smallest absolute Gasteiger partial charge is 0.307 e. The number of likely N-dealkylation sites (N-methyl/N-ethyl adjacent to an activating group) is 1. The van der Waals surface area contributed by atoms with Gasteiger partial charge < -0.3 is 5.32 Å². The molecule has 0 aliphatic rings. The number of amides is 1. The average Bonchev–Trinajstić information content (AvgIpc) is 2.91. The lowest BCUT2D eigenvalue weighted by atomic mass is 10.1. The van der Waals surface area contributed by atoms with Crippen LogP contribution >= 0.6 is 11.3 Å². The first-order valence-corrected chi connectivity index (χ1v) is 9.15. The number of thiazole rings is 1. The molecule has 1 aromatic heterocycles. The molecule has 1 N–H and O–H groups in total. The summed E-state index contributed by atoms with van der Waals surface area (Å²) >= 11 is 1.13. The highest BCUT2D eigenvalue weighted by Gasteiger charge is 2.19. The Morgan fingerprint density at radius 2 is 1.92 bits per heavy atom. The maximum absolute atomic E-state index is 12.3. The van der Waals surface area contributed by atoms with Gasteiger partial charge in [-0.1, -0.05) is 55.5 Å². The monoisotopic (exact) mass is 347 g/mol. The lowest BCUT2D eigenvalue weighted by molar-refractivity contribution is -0.122. The van der Waals surface area contributed by atoms with Crippen molar-refractivity contribution in [1.82, 2.24) is 14.8 Å². The van der Waals surface area contributed by atoms with Crippen molar-refractivity contribution in [2.75, 3.05) is 19.6 Å². The minimum atomic E-state index is -0.133. The highest BCUT2D eigenvalue weighted by molar-refractivity contribution is 7.07. The van der Waals surface area contributed by atoms with E-state index in [9.17, 15) is 9.59 Å². The molecule has 0 bridgehead atoms. The van der Waals surface area contributed by atoms with Gasteiger partial charge in [-0.25, -0.2) is 0 Å². The molecule has 1 atom stereocenters. The third-order valence-electron chi connectivity index (χ3n) is 4.21. The number of hydrogen-bond donors (Lipinski definition) is 1. The van der Waals surface area contributed by atoms with Gasteiger partial charge >= 0.3 is 4.87 Å². The average molecular weight is 347 g/mol. The second-order valence-corrected chi connectivity index (χ2v) is 6.50. The molecule has 0 saturated heterocycles. The van der Waals surface area contributed by atoms with Crippen LogP contribution in [0.15, 0.2) is 40.5 Å². The highest BCUT2D eigenvalue weighted by Crippen LogP contribution is 2.19. The molecule has 0 unspecified atom stereocenters. The Kier molecular flexibility index (Phi) is 6.75. The third-order valence-corrected chi connectivity index (χ3v) is 5.09. The molecule has 6 heteroatoms. The molecule has 1 aromatic carbocycles. The molecular formula is C18H25N3O2S. The van der Waals surface area contributed by atoms with Crippen LogP contribution in [0.1, 0.15) is 31.1 Å². The summed E-state index contributed by atoms with van der Waals surface area (Å²) in [5.41, 5.74) is 2.01. The highest BCUT2D eigenvalue weighted by atomic mass is 32.1. The Morgan fingerprint density at radius 3 is 2.46 bits per heavy atom. The number of aromatic nitrogens is 1. The molecule has 0 aliphatic carbocycles. The number of rotatable bonds is 8. The lowest BCUT2D eigenvalue weighted by Gasteiger charge is -2.30. The van der Waals surface area contributed by atoms with Crippen LogP contribution in [0.25, 0.3) is 0 Å². The van der Waals surface area contributed by atoms with E-state index in [1.165, 1.54) is 10.1 Å². The Hall–Kier alpha value is -1.92. The number of hydrogen-bond acceptors (Lipinski definition) is 4. The van der Waals surface area contributed by atoms with Crippen LogP contribution in [0.3, 0.4) is 0 Å². The second-order valence-electron chi connectivity index (χ2n) is 5.68. The molecule has 0 fully saturated rings. The Balaban J connectivity index is 2.05. The summed E-state index contributed by atoms with van der Waals surface area (Å²) < 4.78 is 1.51. The number of nitrogens with zero attached hydrogens (tertiary/aromatic N) is 2. The van der Waals surface area contributed by atoms with Gasteiger partial charge in [0.05, 0.1) is 6.04 Å². The Labute approximate surface area is 146 Å². The Bertz CT molecular complexity index is 705. The van der Waals surface area contributed by atoms with Crippen molar-refractivity contribution in [3.05, 3.63) is 56.6 Å². The summed E-state index contributed by atoms with van der Waals surface area (Å²) in [4.78, 5) is 26.2. The van der Waals surface area contributed by atoms with Gasteiger partial charge in [-0.2, -0.15) is 0 Å². The molecule has 0 radical (unpaired) electrons. The summed E-state index contributed by atoms with van der Waals surface area (Å²) in [6.07, 6.45) is 0. The molecular weight excluding hydrogens is 322 g/mol. The van der Waals surface area contributed by atoms with Gasteiger partial charge in [0.25, 0.3) is 0 Å². The van der Waals surface area contributed by atoms with E-state index in [0.717, 1.165) is 30.1 Å². The van der Waals surface area contributed by atoms with Crippen molar-refractivity contribution >= 4 is 17.2 Å². The van der Waals surface area contributed by atoms with E-state index in [1.807, 2.05) is 25.1 Å². The van der Waals surface area contributed by atoms with Crippen molar-refractivity contribution in [2.24, 2.45) is 0 Å². The fourth-order valence-electron chi connectivity index (χ4n) is 2.80. The molecule has 24 heavy (non-hydrogen) atoms. The molecule has 2 rings (SSSR count). The maximum atomic E-state index is 12.3. The zero-order valence-corrected chi connectivity index (χ0v) is 15.3. The Morgan fingerprint density at radius 1 is 1.25 bits per heavy atom. The zero-order chi connectivity index (χ0) is 17.5. The van der Waals surface area contributed by atoms with Crippen LogP contribution in [0.2, 0.25) is 0 Å². The number of carbonyl (C=O) groups excluding carboxylic acids is 1. The minimum absolute atomic E-state index is 0.0773. The molecule has 5 nitrogen and oxygen atoms in total. The first-order valence-electron chi connectivity index (χ1n) is 8.27. The quantitative estimate of drug-likeness (QED) is 0.798. The van der Waals surface area contributed by atoms with Crippen molar-refractivity contribution in [3.63, 3.8) is 0 Å². The van der Waals surface area contributed by atoms with E-state index >= 15 is 0 Å². The van der Waals surface area contributed by atoms with E-state index in [-0.39, 0.29) is 23.4 Å². The van der Waals surface area contributed by atoms with Crippen molar-refractivity contribution < 1.29 is 4.79 Å². The van der Waals surface area contributed by atoms with Crippen molar-refractivity contribution in [1.29, 1.82) is 0 Å². The maximum Gasteiger partial charge on any atom is 0.307 e. The van der Waals surface area contributed by atoms with Gasteiger partial charge in [-0.05, 0) is 25.6 Å². The van der Waals surface area contributed by atoms with E-state index in [4.69, 9.17) is 0 Å². The fraction of sp³-hybridized carbons (Fsp3) is 0.444. The topological polar surface area (TPSA) is 54.3 Å². The number of nitrogens with one attached hydrogen (secondary N) is 1. The molecule has 0 spiro atoms. The predicted octanol–water partition coefficient (Wildman–Crippen LogP) is 2.42. The fourth-order valence-corrected chi connectivity index (χ4v) is 3.54. The van der Waals surface area contributed by atoms with Gasteiger partial charge in [-0.15, -0.1) is 0 Å². The molecule has 130 valence electrons. The van der Waals surface area contributed by atoms with Crippen LogP contribution in [0, 0.1) is 6.92 Å². The summed E-state index contributed by atoms with van der Waals surface area (Å²) in [6, 6.07) is 10.3. The standard InChI is InChI=1S/C18H25N3O2S/c1-4-20(5-2)16(15-9-7-6-8-10-15)11-19-17(22)12-21-14(3)13-24-18(21)23/h6-10,13,16H,4-5,11-12H2,1-3H3,(H,19,22)/t16-/m1/s1. The summed E-state index contributed by atoms with van der Waals surface area (Å²) in [6.45, 7) is 8.51.